The average Bonchev–Trinajstić information content (AvgIpc) is 2.91. The first-order valence-electron chi connectivity index (χ1n) is 7.60. The van der Waals surface area contributed by atoms with E-state index >= 15 is 0 Å². The van der Waals surface area contributed by atoms with Gasteiger partial charge in [0.05, 0.1) is 6.04 Å². The third kappa shape index (κ3) is 7.08. The van der Waals surface area contributed by atoms with Crippen molar-refractivity contribution in [2.75, 3.05) is 25.0 Å². The summed E-state index contributed by atoms with van der Waals surface area (Å²) in [6.45, 7) is 10.3. The summed E-state index contributed by atoms with van der Waals surface area (Å²) < 4.78 is 5.49. The quantitative estimate of drug-likeness (QED) is 0.609. The highest BCUT2D eigenvalue weighted by Gasteiger charge is 2.13. The molecule has 1 unspecified atom stereocenters. The highest BCUT2D eigenvalue weighted by atomic mass is 16.4. The third-order valence-electron chi connectivity index (χ3n) is 2.85. The van der Waals surface area contributed by atoms with E-state index in [0.29, 0.717) is 37.3 Å². The second-order valence-corrected chi connectivity index (χ2v) is 5.50. The molecule has 0 radical (unpaired) electrons. The Kier molecular flexibility index (Phi) is 7.74. The Balaban J connectivity index is 2.27. The molecule has 7 heteroatoms. The Morgan fingerprint density at radius 2 is 2.00 bits per heavy atom. The van der Waals surface area contributed by atoms with E-state index in [1.165, 1.54) is 0 Å². The van der Waals surface area contributed by atoms with Crippen molar-refractivity contribution in [3.8, 4) is 0 Å². The first-order chi connectivity index (χ1) is 10.0. The van der Waals surface area contributed by atoms with Gasteiger partial charge in [0, 0.05) is 19.5 Å². The number of carbonyl (C=O) groups excluding carboxylic acids is 1. The van der Waals surface area contributed by atoms with Crippen LogP contribution in [-0.2, 0) is 4.79 Å². The molecule has 0 fully saturated rings. The maximum atomic E-state index is 11.5. The summed E-state index contributed by atoms with van der Waals surface area (Å²) >= 11 is 0. The van der Waals surface area contributed by atoms with E-state index in [1.807, 2.05) is 6.92 Å². The zero-order chi connectivity index (χ0) is 15.7. The predicted molar refractivity (Wildman–Crippen MR) is 82.0 cm³/mol. The number of anilines is 1. The van der Waals surface area contributed by atoms with E-state index < -0.39 is 0 Å². The van der Waals surface area contributed by atoms with Gasteiger partial charge < -0.3 is 20.4 Å². The summed E-state index contributed by atoms with van der Waals surface area (Å²) in [5.41, 5.74) is 0. The van der Waals surface area contributed by atoms with Gasteiger partial charge in [-0.2, -0.15) is 0 Å². The second kappa shape index (κ2) is 9.33. The van der Waals surface area contributed by atoms with Crippen LogP contribution in [0.4, 0.5) is 6.01 Å². The largest absolute Gasteiger partial charge is 0.406 e. The molecule has 0 saturated heterocycles. The van der Waals surface area contributed by atoms with Crippen LogP contribution in [0.3, 0.4) is 0 Å². The van der Waals surface area contributed by atoms with E-state index in [9.17, 15) is 4.79 Å². The molecule has 0 spiro atoms. The number of rotatable bonds is 10. The van der Waals surface area contributed by atoms with Crippen molar-refractivity contribution in [3.63, 3.8) is 0 Å². The van der Waals surface area contributed by atoms with Crippen LogP contribution in [0.25, 0.3) is 0 Å². The van der Waals surface area contributed by atoms with Crippen LogP contribution in [0.5, 0.6) is 0 Å². The van der Waals surface area contributed by atoms with E-state index in [-0.39, 0.29) is 11.9 Å². The lowest BCUT2D eigenvalue weighted by Gasteiger charge is -2.08. The number of nitrogens with one attached hydrogen (secondary N) is 3. The number of amides is 1. The van der Waals surface area contributed by atoms with Gasteiger partial charge in [-0.15, -0.1) is 5.10 Å². The molecular weight excluding hydrogens is 270 g/mol. The van der Waals surface area contributed by atoms with Gasteiger partial charge in [0.25, 0.3) is 0 Å². The SMILES string of the molecule is CCCNC(C)c1nnc(NCCC(=O)NCC(C)C)o1. The lowest BCUT2D eigenvalue weighted by Crippen LogP contribution is -2.28. The van der Waals surface area contributed by atoms with Crippen molar-refractivity contribution in [1.82, 2.24) is 20.8 Å². The van der Waals surface area contributed by atoms with Crippen LogP contribution in [0.1, 0.15) is 52.5 Å². The Morgan fingerprint density at radius 3 is 2.67 bits per heavy atom. The lowest BCUT2D eigenvalue weighted by molar-refractivity contribution is -0.120. The van der Waals surface area contributed by atoms with Crippen LogP contribution in [-0.4, -0.2) is 35.7 Å². The first kappa shape index (κ1) is 17.4. The molecule has 120 valence electrons. The third-order valence-corrected chi connectivity index (χ3v) is 2.85. The summed E-state index contributed by atoms with van der Waals surface area (Å²) in [4.78, 5) is 11.5. The zero-order valence-electron chi connectivity index (χ0n) is 13.4. The lowest BCUT2D eigenvalue weighted by atomic mass is 10.2. The maximum Gasteiger partial charge on any atom is 0.315 e. The molecule has 1 aromatic rings. The molecule has 0 aliphatic carbocycles. The molecule has 0 saturated carbocycles. The number of nitrogens with zero attached hydrogens (tertiary/aromatic N) is 2. The van der Waals surface area contributed by atoms with Crippen LogP contribution in [0.15, 0.2) is 4.42 Å². The molecule has 1 heterocycles. The number of aromatic nitrogens is 2. The predicted octanol–water partition coefficient (Wildman–Crippen LogP) is 1.70. The van der Waals surface area contributed by atoms with Crippen LogP contribution in [0, 0.1) is 5.92 Å². The molecule has 0 aliphatic rings. The van der Waals surface area contributed by atoms with Crippen molar-refractivity contribution < 1.29 is 9.21 Å². The standard InChI is InChI=1S/C14H27N5O2/c1-5-7-15-11(4)13-18-19-14(21-13)16-8-6-12(20)17-9-10(2)3/h10-11,15H,5-9H2,1-4H3,(H,16,19)(H,17,20). The van der Waals surface area contributed by atoms with Gasteiger partial charge in [-0.25, -0.2) is 0 Å². The highest BCUT2D eigenvalue weighted by molar-refractivity contribution is 5.76. The minimum atomic E-state index is 0.0221. The number of hydrogen-bond acceptors (Lipinski definition) is 6. The topological polar surface area (TPSA) is 92.1 Å². The minimum absolute atomic E-state index is 0.0221. The Morgan fingerprint density at radius 1 is 1.24 bits per heavy atom. The minimum Gasteiger partial charge on any atom is -0.406 e. The zero-order valence-corrected chi connectivity index (χ0v) is 13.4. The fourth-order valence-electron chi connectivity index (χ4n) is 1.62. The molecule has 1 aromatic heterocycles. The summed E-state index contributed by atoms with van der Waals surface area (Å²) in [5.74, 6) is 1.03. The first-order valence-corrected chi connectivity index (χ1v) is 7.60. The average molecular weight is 297 g/mol. The summed E-state index contributed by atoms with van der Waals surface area (Å²) in [5, 5.41) is 17.0. The Hall–Kier alpha value is -1.63. The molecule has 3 N–H and O–H groups in total. The van der Waals surface area contributed by atoms with Crippen molar-refractivity contribution >= 4 is 11.9 Å². The fraction of sp³-hybridized carbons (Fsp3) is 0.786. The van der Waals surface area contributed by atoms with Gasteiger partial charge in [0.15, 0.2) is 0 Å². The number of hydrogen-bond donors (Lipinski definition) is 3. The monoisotopic (exact) mass is 297 g/mol. The van der Waals surface area contributed by atoms with Crippen molar-refractivity contribution in [1.29, 1.82) is 0 Å². The van der Waals surface area contributed by atoms with Gasteiger partial charge in [-0.3, -0.25) is 4.79 Å². The molecule has 1 atom stereocenters. The Bertz CT molecular complexity index is 419. The van der Waals surface area contributed by atoms with Crippen LogP contribution in [0.2, 0.25) is 0 Å². The Labute approximate surface area is 126 Å². The summed E-state index contributed by atoms with van der Waals surface area (Å²) in [6.07, 6.45) is 1.43. The fourth-order valence-corrected chi connectivity index (χ4v) is 1.62. The van der Waals surface area contributed by atoms with E-state index in [2.05, 4.69) is 46.9 Å². The van der Waals surface area contributed by atoms with Crippen LogP contribution < -0.4 is 16.0 Å². The summed E-state index contributed by atoms with van der Waals surface area (Å²) in [7, 11) is 0. The molecule has 0 aromatic carbocycles. The molecule has 1 rings (SSSR count). The molecular formula is C14H27N5O2. The van der Waals surface area contributed by atoms with Crippen LogP contribution >= 0.6 is 0 Å². The summed E-state index contributed by atoms with van der Waals surface area (Å²) in [6, 6.07) is 0.383. The van der Waals surface area contributed by atoms with E-state index in [4.69, 9.17) is 4.42 Å². The molecule has 1 amide bonds. The molecule has 0 bridgehead atoms. The van der Waals surface area contributed by atoms with Gasteiger partial charge in [-0.05, 0) is 25.8 Å². The molecule has 21 heavy (non-hydrogen) atoms. The van der Waals surface area contributed by atoms with E-state index in [1.54, 1.807) is 0 Å². The van der Waals surface area contributed by atoms with Crippen molar-refractivity contribution in [2.24, 2.45) is 5.92 Å². The maximum absolute atomic E-state index is 11.5. The van der Waals surface area contributed by atoms with Gasteiger partial charge >= 0.3 is 6.01 Å². The van der Waals surface area contributed by atoms with Crippen molar-refractivity contribution in [2.45, 2.75) is 46.6 Å². The normalized spacial score (nSPS) is 12.4. The molecule has 7 nitrogen and oxygen atoms in total. The van der Waals surface area contributed by atoms with Crippen molar-refractivity contribution in [3.05, 3.63) is 5.89 Å². The van der Waals surface area contributed by atoms with Gasteiger partial charge in [0.2, 0.25) is 11.8 Å². The second-order valence-electron chi connectivity index (χ2n) is 5.50. The van der Waals surface area contributed by atoms with Gasteiger partial charge in [-0.1, -0.05) is 25.9 Å². The highest BCUT2D eigenvalue weighted by Crippen LogP contribution is 2.13. The number of carbonyl (C=O) groups is 1. The smallest absolute Gasteiger partial charge is 0.315 e. The van der Waals surface area contributed by atoms with E-state index in [0.717, 1.165) is 13.0 Å². The molecule has 0 aliphatic heterocycles. The van der Waals surface area contributed by atoms with Gasteiger partial charge in [0.1, 0.15) is 0 Å².